The number of aryl methyl sites for hydroxylation is 1. The molecule has 2 aromatic rings. The van der Waals surface area contributed by atoms with Crippen molar-refractivity contribution in [2.45, 2.75) is 19.4 Å². The van der Waals surface area contributed by atoms with E-state index in [0.29, 0.717) is 0 Å². The van der Waals surface area contributed by atoms with E-state index in [1.165, 1.54) is 16.0 Å². The maximum absolute atomic E-state index is 5.68. The third-order valence-electron chi connectivity index (χ3n) is 2.72. The molecule has 0 saturated heterocycles. The van der Waals surface area contributed by atoms with Crippen LogP contribution in [-0.4, -0.2) is 0 Å². The minimum atomic E-state index is 0.108. The number of hydrogen-bond donors (Lipinski definition) is 2. The van der Waals surface area contributed by atoms with Crippen molar-refractivity contribution in [3.05, 3.63) is 57.8 Å². The highest BCUT2D eigenvalue weighted by molar-refractivity contribution is 7.10. The van der Waals surface area contributed by atoms with Gasteiger partial charge in [0.25, 0.3) is 0 Å². The predicted molar refractivity (Wildman–Crippen MR) is 69.3 cm³/mol. The van der Waals surface area contributed by atoms with Crippen molar-refractivity contribution in [1.29, 1.82) is 0 Å². The van der Waals surface area contributed by atoms with Crippen molar-refractivity contribution in [3.8, 4) is 0 Å². The molecule has 0 amide bonds. The van der Waals surface area contributed by atoms with E-state index in [2.05, 4.69) is 35.9 Å². The van der Waals surface area contributed by atoms with Crippen LogP contribution in [0.25, 0.3) is 0 Å². The molecule has 0 spiro atoms. The Bertz CT molecular complexity index is 436. The van der Waals surface area contributed by atoms with Gasteiger partial charge in [0.2, 0.25) is 0 Å². The second-order valence-corrected chi connectivity index (χ2v) is 4.62. The summed E-state index contributed by atoms with van der Waals surface area (Å²) in [6, 6.07) is 12.6. The van der Waals surface area contributed by atoms with Crippen molar-refractivity contribution in [2.75, 3.05) is 0 Å². The molecule has 0 aliphatic rings. The summed E-state index contributed by atoms with van der Waals surface area (Å²) in [4.78, 5) is 1.32. The zero-order valence-electron chi connectivity index (χ0n) is 9.31. The number of rotatable bonds is 4. The maximum atomic E-state index is 5.68. The van der Waals surface area contributed by atoms with Crippen LogP contribution in [0.2, 0.25) is 0 Å². The molecule has 0 saturated carbocycles. The second-order valence-electron chi connectivity index (χ2n) is 3.67. The number of hydrogen-bond acceptors (Lipinski definition) is 3. The highest BCUT2D eigenvalue weighted by Gasteiger charge is 2.16. The van der Waals surface area contributed by atoms with E-state index in [-0.39, 0.29) is 6.04 Å². The van der Waals surface area contributed by atoms with Crippen molar-refractivity contribution in [3.63, 3.8) is 0 Å². The first-order chi connectivity index (χ1) is 7.86. The Hall–Kier alpha value is -1.16. The third-order valence-corrected chi connectivity index (χ3v) is 3.75. The summed E-state index contributed by atoms with van der Waals surface area (Å²) in [5, 5.41) is 2.13. The fourth-order valence-electron chi connectivity index (χ4n) is 1.86. The van der Waals surface area contributed by atoms with Crippen LogP contribution >= 0.6 is 11.3 Å². The van der Waals surface area contributed by atoms with Gasteiger partial charge >= 0.3 is 0 Å². The smallest absolute Gasteiger partial charge is 0.0805 e. The largest absolute Gasteiger partial charge is 0.271 e. The summed E-state index contributed by atoms with van der Waals surface area (Å²) >= 11 is 1.76. The fraction of sp³-hybridized carbons (Fsp3) is 0.231. The molecule has 0 bridgehead atoms. The Kier molecular flexibility index (Phi) is 3.72. The van der Waals surface area contributed by atoms with Crippen LogP contribution in [0.15, 0.2) is 41.8 Å². The third kappa shape index (κ3) is 2.16. The molecular formula is C13H16N2S. The molecule has 1 atom stereocenters. The van der Waals surface area contributed by atoms with Gasteiger partial charge in [-0.25, -0.2) is 5.43 Å². The molecule has 0 radical (unpaired) electrons. The van der Waals surface area contributed by atoms with Crippen LogP contribution in [0.4, 0.5) is 0 Å². The molecule has 0 aliphatic heterocycles. The SMILES string of the molecule is CCc1ccsc1C(NN)c1ccccc1. The molecule has 16 heavy (non-hydrogen) atoms. The van der Waals surface area contributed by atoms with Crippen LogP contribution in [0.5, 0.6) is 0 Å². The first-order valence-corrected chi connectivity index (χ1v) is 6.32. The molecule has 0 aliphatic carbocycles. The van der Waals surface area contributed by atoms with Gasteiger partial charge < -0.3 is 0 Å². The standard InChI is InChI=1S/C13H16N2S/c1-2-10-8-9-16-13(10)12(15-14)11-6-4-3-5-7-11/h3-9,12,15H,2,14H2,1H3. The number of hydrazine groups is 1. The van der Waals surface area contributed by atoms with Crippen LogP contribution < -0.4 is 11.3 Å². The summed E-state index contributed by atoms with van der Waals surface area (Å²) in [6.07, 6.45) is 1.05. The topological polar surface area (TPSA) is 38.0 Å². The Labute approximate surface area is 100 Å². The Morgan fingerprint density at radius 1 is 1.25 bits per heavy atom. The van der Waals surface area contributed by atoms with E-state index in [1.807, 2.05) is 18.2 Å². The minimum Gasteiger partial charge on any atom is -0.271 e. The van der Waals surface area contributed by atoms with Gasteiger partial charge in [0.05, 0.1) is 6.04 Å². The molecule has 84 valence electrons. The minimum absolute atomic E-state index is 0.108. The van der Waals surface area contributed by atoms with Crippen LogP contribution in [0.1, 0.15) is 29.0 Å². The second kappa shape index (κ2) is 5.25. The van der Waals surface area contributed by atoms with Gasteiger partial charge in [0.15, 0.2) is 0 Å². The average molecular weight is 232 g/mol. The van der Waals surface area contributed by atoms with Gasteiger partial charge in [0.1, 0.15) is 0 Å². The number of benzene rings is 1. The lowest BCUT2D eigenvalue weighted by molar-refractivity contribution is 0.642. The summed E-state index contributed by atoms with van der Waals surface area (Å²) in [7, 11) is 0. The molecule has 1 aromatic heterocycles. The molecule has 0 fully saturated rings. The predicted octanol–water partition coefficient (Wildman–Crippen LogP) is 2.86. The van der Waals surface area contributed by atoms with E-state index >= 15 is 0 Å². The molecule has 1 heterocycles. The summed E-state index contributed by atoms with van der Waals surface area (Å²) in [5.74, 6) is 5.68. The zero-order chi connectivity index (χ0) is 11.4. The lowest BCUT2D eigenvalue weighted by Crippen LogP contribution is -2.28. The van der Waals surface area contributed by atoms with E-state index in [4.69, 9.17) is 5.84 Å². The molecular weight excluding hydrogens is 216 g/mol. The lowest BCUT2D eigenvalue weighted by atomic mass is 10.0. The summed E-state index contributed by atoms with van der Waals surface area (Å²) in [6.45, 7) is 2.17. The van der Waals surface area contributed by atoms with E-state index in [1.54, 1.807) is 11.3 Å². The average Bonchev–Trinajstić information content (AvgIpc) is 2.80. The van der Waals surface area contributed by atoms with Gasteiger partial charge in [-0.2, -0.15) is 0 Å². The molecule has 3 N–H and O–H groups in total. The number of nitrogens with two attached hydrogens (primary N) is 1. The highest BCUT2D eigenvalue weighted by atomic mass is 32.1. The van der Waals surface area contributed by atoms with Gasteiger partial charge in [0, 0.05) is 4.88 Å². The van der Waals surface area contributed by atoms with Crippen LogP contribution in [0, 0.1) is 0 Å². The molecule has 1 aromatic carbocycles. The van der Waals surface area contributed by atoms with Crippen molar-refractivity contribution in [1.82, 2.24) is 5.43 Å². The highest BCUT2D eigenvalue weighted by Crippen LogP contribution is 2.29. The first-order valence-electron chi connectivity index (χ1n) is 5.44. The van der Waals surface area contributed by atoms with Crippen LogP contribution in [0.3, 0.4) is 0 Å². The van der Waals surface area contributed by atoms with Crippen molar-refractivity contribution in [2.24, 2.45) is 5.84 Å². The Morgan fingerprint density at radius 3 is 2.62 bits per heavy atom. The monoisotopic (exact) mass is 232 g/mol. The van der Waals surface area contributed by atoms with Gasteiger partial charge in [-0.15, -0.1) is 11.3 Å². The zero-order valence-corrected chi connectivity index (χ0v) is 10.1. The molecule has 2 nitrogen and oxygen atoms in total. The molecule has 1 unspecified atom stereocenters. The lowest BCUT2D eigenvalue weighted by Gasteiger charge is -2.16. The number of thiophene rings is 1. The normalized spacial score (nSPS) is 12.6. The quantitative estimate of drug-likeness (QED) is 0.628. The van der Waals surface area contributed by atoms with Crippen molar-refractivity contribution < 1.29 is 0 Å². The van der Waals surface area contributed by atoms with Gasteiger partial charge in [-0.05, 0) is 29.0 Å². The Balaban J connectivity index is 2.37. The van der Waals surface area contributed by atoms with E-state index in [9.17, 15) is 0 Å². The van der Waals surface area contributed by atoms with Gasteiger partial charge in [-0.1, -0.05) is 37.3 Å². The maximum Gasteiger partial charge on any atom is 0.0805 e. The van der Waals surface area contributed by atoms with E-state index < -0.39 is 0 Å². The van der Waals surface area contributed by atoms with Crippen molar-refractivity contribution >= 4 is 11.3 Å². The van der Waals surface area contributed by atoms with Gasteiger partial charge in [-0.3, -0.25) is 5.84 Å². The first kappa shape index (κ1) is 11.3. The fourth-order valence-corrected chi connectivity index (χ4v) is 2.94. The molecule has 3 heteroatoms. The van der Waals surface area contributed by atoms with Crippen LogP contribution in [-0.2, 0) is 6.42 Å². The summed E-state index contributed by atoms with van der Waals surface area (Å²) < 4.78 is 0. The number of nitrogens with one attached hydrogen (secondary N) is 1. The Morgan fingerprint density at radius 2 is 2.00 bits per heavy atom. The molecule has 2 rings (SSSR count). The van der Waals surface area contributed by atoms with E-state index in [0.717, 1.165) is 6.42 Å². The summed E-state index contributed by atoms with van der Waals surface area (Å²) in [5.41, 5.74) is 5.49.